The van der Waals surface area contributed by atoms with Crippen molar-refractivity contribution < 1.29 is 13.6 Å². The van der Waals surface area contributed by atoms with E-state index >= 15 is 0 Å². The summed E-state index contributed by atoms with van der Waals surface area (Å²) in [5.74, 6) is 0.438. The standard InChI is InChI=1S/C16H16FNO2/c17-13-6-2-1-5-12(13)11-16(19)18-9-3-7-14(18)15-8-4-10-20-15/h1-2,4-6,8,10,14H,3,7,9,11H2/t14-/m1/s1. The molecule has 0 radical (unpaired) electrons. The molecule has 20 heavy (non-hydrogen) atoms. The average Bonchev–Trinajstić information content (AvgIpc) is 3.11. The van der Waals surface area contributed by atoms with Crippen molar-refractivity contribution in [2.24, 2.45) is 0 Å². The molecule has 1 aromatic heterocycles. The van der Waals surface area contributed by atoms with E-state index in [1.807, 2.05) is 12.1 Å². The number of benzene rings is 1. The normalized spacial score (nSPS) is 18.4. The molecular formula is C16H16FNO2. The Labute approximate surface area is 117 Å². The summed E-state index contributed by atoms with van der Waals surface area (Å²) < 4.78 is 19.0. The topological polar surface area (TPSA) is 33.5 Å². The van der Waals surface area contributed by atoms with Crippen molar-refractivity contribution in [2.45, 2.75) is 25.3 Å². The molecule has 1 aliphatic heterocycles. The lowest BCUT2D eigenvalue weighted by Gasteiger charge is -2.23. The molecule has 1 fully saturated rings. The number of hydrogen-bond acceptors (Lipinski definition) is 2. The van der Waals surface area contributed by atoms with Crippen LogP contribution in [0.3, 0.4) is 0 Å². The Balaban J connectivity index is 1.75. The summed E-state index contributed by atoms with van der Waals surface area (Å²) in [5, 5.41) is 0. The van der Waals surface area contributed by atoms with E-state index in [9.17, 15) is 9.18 Å². The molecule has 4 heteroatoms. The highest BCUT2D eigenvalue weighted by atomic mass is 19.1. The average molecular weight is 273 g/mol. The molecule has 0 bridgehead atoms. The van der Waals surface area contributed by atoms with Crippen LogP contribution >= 0.6 is 0 Å². The third-order valence-electron chi connectivity index (χ3n) is 3.74. The smallest absolute Gasteiger partial charge is 0.227 e. The minimum absolute atomic E-state index is 0.00993. The minimum Gasteiger partial charge on any atom is -0.467 e. The van der Waals surface area contributed by atoms with E-state index in [4.69, 9.17) is 4.42 Å². The monoisotopic (exact) mass is 273 g/mol. The third-order valence-corrected chi connectivity index (χ3v) is 3.74. The van der Waals surface area contributed by atoms with Gasteiger partial charge in [-0.2, -0.15) is 0 Å². The van der Waals surface area contributed by atoms with Gasteiger partial charge < -0.3 is 9.32 Å². The number of likely N-dealkylation sites (tertiary alicyclic amines) is 1. The highest BCUT2D eigenvalue weighted by Gasteiger charge is 2.31. The van der Waals surface area contributed by atoms with Gasteiger partial charge >= 0.3 is 0 Å². The number of carbonyl (C=O) groups excluding carboxylic acids is 1. The predicted octanol–water partition coefficient (Wildman–Crippen LogP) is 3.32. The van der Waals surface area contributed by atoms with Gasteiger partial charge in [-0.1, -0.05) is 18.2 Å². The highest BCUT2D eigenvalue weighted by Crippen LogP contribution is 2.32. The SMILES string of the molecule is O=C(Cc1ccccc1F)N1CCC[C@@H]1c1ccco1. The number of amides is 1. The lowest BCUT2D eigenvalue weighted by Crippen LogP contribution is -2.31. The van der Waals surface area contributed by atoms with Crippen molar-refractivity contribution in [2.75, 3.05) is 6.54 Å². The Morgan fingerprint density at radius 1 is 1.30 bits per heavy atom. The van der Waals surface area contributed by atoms with Crippen molar-refractivity contribution in [3.8, 4) is 0 Å². The summed E-state index contributed by atoms with van der Waals surface area (Å²) in [7, 11) is 0. The number of hydrogen-bond donors (Lipinski definition) is 0. The van der Waals surface area contributed by atoms with Crippen LogP contribution in [0.5, 0.6) is 0 Å². The van der Waals surface area contributed by atoms with Gasteiger partial charge in [0.05, 0.1) is 18.7 Å². The van der Waals surface area contributed by atoms with Crippen LogP contribution in [0.2, 0.25) is 0 Å². The first kappa shape index (κ1) is 12.9. The van der Waals surface area contributed by atoms with Gasteiger partial charge in [0.1, 0.15) is 11.6 Å². The highest BCUT2D eigenvalue weighted by molar-refractivity contribution is 5.79. The van der Waals surface area contributed by atoms with E-state index < -0.39 is 0 Å². The second-order valence-electron chi connectivity index (χ2n) is 5.03. The molecule has 104 valence electrons. The van der Waals surface area contributed by atoms with Gasteiger partial charge in [0.25, 0.3) is 0 Å². The van der Waals surface area contributed by atoms with Crippen molar-refractivity contribution in [3.63, 3.8) is 0 Å². The fourth-order valence-corrected chi connectivity index (χ4v) is 2.75. The van der Waals surface area contributed by atoms with Crippen molar-refractivity contribution in [3.05, 3.63) is 59.8 Å². The first-order valence-electron chi connectivity index (χ1n) is 6.82. The fourth-order valence-electron chi connectivity index (χ4n) is 2.75. The molecular weight excluding hydrogens is 257 g/mol. The molecule has 1 amide bonds. The maximum absolute atomic E-state index is 13.6. The summed E-state index contributed by atoms with van der Waals surface area (Å²) in [4.78, 5) is 14.2. The Morgan fingerprint density at radius 3 is 2.90 bits per heavy atom. The Bertz CT molecular complexity index is 594. The molecule has 3 nitrogen and oxygen atoms in total. The van der Waals surface area contributed by atoms with Gasteiger partial charge in [-0.05, 0) is 36.6 Å². The van der Waals surface area contributed by atoms with E-state index in [0.717, 1.165) is 18.6 Å². The number of carbonyl (C=O) groups is 1. The van der Waals surface area contributed by atoms with Crippen LogP contribution in [-0.2, 0) is 11.2 Å². The lowest BCUT2D eigenvalue weighted by molar-refractivity contribution is -0.131. The van der Waals surface area contributed by atoms with E-state index in [2.05, 4.69) is 0 Å². The van der Waals surface area contributed by atoms with Gasteiger partial charge in [-0.25, -0.2) is 4.39 Å². The van der Waals surface area contributed by atoms with Crippen LogP contribution in [0.15, 0.2) is 47.1 Å². The van der Waals surface area contributed by atoms with Gasteiger partial charge in [0.15, 0.2) is 0 Å². The van der Waals surface area contributed by atoms with E-state index in [0.29, 0.717) is 12.1 Å². The molecule has 0 unspecified atom stereocenters. The molecule has 1 saturated heterocycles. The Hall–Kier alpha value is -2.10. The van der Waals surface area contributed by atoms with Crippen LogP contribution in [0, 0.1) is 5.82 Å². The summed E-state index contributed by atoms with van der Waals surface area (Å²) in [5.41, 5.74) is 0.447. The van der Waals surface area contributed by atoms with Gasteiger partial charge in [-0.3, -0.25) is 4.79 Å². The minimum atomic E-state index is -0.324. The molecule has 2 heterocycles. The first-order valence-corrected chi connectivity index (χ1v) is 6.82. The Kier molecular flexibility index (Phi) is 3.54. The zero-order chi connectivity index (χ0) is 13.9. The fraction of sp³-hybridized carbons (Fsp3) is 0.312. The quantitative estimate of drug-likeness (QED) is 0.859. The zero-order valence-electron chi connectivity index (χ0n) is 11.1. The van der Waals surface area contributed by atoms with E-state index in [-0.39, 0.29) is 24.2 Å². The zero-order valence-corrected chi connectivity index (χ0v) is 11.1. The number of nitrogens with zero attached hydrogens (tertiary/aromatic N) is 1. The van der Waals surface area contributed by atoms with Crippen LogP contribution in [0.25, 0.3) is 0 Å². The molecule has 1 aliphatic rings. The Morgan fingerprint density at radius 2 is 2.15 bits per heavy atom. The largest absolute Gasteiger partial charge is 0.467 e. The summed E-state index contributed by atoms with van der Waals surface area (Å²) in [6.07, 6.45) is 3.57. The van der Waals surface area contributed by atoms with Crippen molar-refractivity contribution in [1.29, 1.82) is 0 Å². The summed E-state index contributed by atoms with van der Waals surface area (Å²) in [6, 6.07) is 10.1. The number of halogens is 1. The molecule has 0 spiro atoms. The van der Waals surface area contributed by atoms with E-state index in [1.54, 1.807) is 29.4 Å². The molecule has 1 aromatic carbocycles. The van der Waals surface area contributed by atoms with Crippen LogP contribution < -0.4 is 0 Å². The first-order chi connectivity index (χ1) is 9.75. The second kappa shape index (κ2) is 5.49. The van der Waals surface area contributed by atoms with Crippen LogP contribution in [-0.4, -0.2) is 17.4 Å². The van der Waals surface area contributed by atoms with Gasteiger partial charge in [0.2, 0.25) is 5.91 Å². The number of rotatable bonds is 3. The number of furan rings is 1. The second-order valence-corrected chi connectivity index (χ2v) is 5.03. The maximum Gasteiger partial charge on any atom is 0.227 e. The lowest BCUT2D eigenvalue weighted by atomic mass is 10.1. The summed E-state index contributed by atoms with van der Waals surface area (Å²) in [6.45, 7) is 0.707. The molecule has 2 aromatic rings. The van der Waals surface area contributed by atoms with Gasteiger partial charge in [0, 0.05) is 6.54 Å². The van der Waals surface area contributed by atoms with E-state index in [1.165, 1.54) is 6.07 Å². The van der Waals surface area contributed by atoms with Crippen molar-refractivity contribution >= 4 is 5.91 Å². The maximum atomic E-state index is 13.6. The molecule has 3 rings (SSSR count). The van der Waals surface area contributed by atoms with Crippen LogP contribution in [0.4, 0.5) is 4.39 Å². The molecule has 0 saturated carbocycles. The predicted molar refractivity (Wildman–Crippen MR) is 72.5 cm³/mol. The molecule has 0 aliphatic carbocycles. The molecule has 0 N–H and O–H groups in total. The summed E-state index contributed by atoms with van der Waals surface area (Å²) >= 11 is 0. The van der Waals surface area contributed by atoms with Gasteiger partial charge in [-0.15, -0.1) is 0 Å². The molecule has 1 atom stereocenters. The van der Waals surface area contributed by atoms with Crippen LogP contribution in [0.1, 0.15) is 30.2 Å². The van der Waals surface area contributed by atoms with Crippen molar-refractivity contribution in [1.82, 2.24) is 4.90 Å². The third kappa shape index (κ3) is 2.46.